The van der Waals surface area contributed by atoms with Gasteiger partial charge in [-0.25, -0.2) is 0 Å². The fraction of sp³-hybridized carbons (Fsp3) is 0.571. The predicted molar refractivity (Wildman–Crippen MR) is 37.5 cm³/mol. The Labute approximate surface area is 60.1 Å². The topological polar surface area (TPSA) is 38.3 Å². The highest BCUT2D eigenvalue weighted by Crippen LogP contribution is 2.02. The summed E-state index contributed by atoms with van der Waals surface area (Å²) in [5.41, 5.74) is 0. The van der Waals surface area contributed by atoms with Crippen LogP contribution in [0.1, 0.15) is 6.92 Å². The molecule has 1 aliphatic heterocycles. The first kappa shape index (κ1) is 7.28. The van der Waals surface area contributed by atoms with E-state index in [2.05, 4.69) is 10.1 Å². The van der Waals surface area contributed by atoms with Gasteiger partial charge in [-0.15, -0.1) is 0 Å². The van der Waals surface area contributed by atoms with Crippen molar-refractivity contribution in [2.45, 2.75) is 19.0 Å². The molecular formula is C7H11NO2. The van der Waals surface area contributed by atoms with E-state index in [9.17, 15) is 4.79 Å². The lowest BCUT2D eigenvalue weighted by atomic mass is 10.3. The molecule has 0 radical (unpaired) electrons. The molecule has 3 heteroatoms. The standard InChI is InChI=1S/C7H11NO2/c1-5-3-4-6(8-5)7(9)10-2/h3-6,8H,1-2H3. The minimum Gasteiger partial charge on any atom is -0.468 e. The monoisotopic (exact) mass is 141 g/mol. The highest BCUT2D eigenvalue weighted by molar-refractivity contribution is 5.78. The van der Waals surface area contributed by atoms with Gasteiger partial charge in [0.15, 0.2) is 0 Å². The second-order valence-corrected chi connectivity index (χ2v) is 2.34. The molecule has 2 unspecified atom stereocenters. The smallest absolute Gasteiger partial charge is 0.326 e. The first-order chi connectivity index (χ1) is 4.74. The van der Waals surface area contributed by atoms with E-state index in [4.69, 9.17) is 0 Å². The molecule has 0 aromatic heterocycles. The molecule has 3 nitrogen and oxygen atoms in total. The number of esters is 1. The SMILES string of the molecule is COC(=O)C1C=CC(C)N1. The van der Waals surface area contributed by atoms with E-state index in [0.29, 0.717) is 0 Å². The Kier molecular flexibility index (Phi) is 2.06. The summed E-state index contributed by atoms with van der Waals surface area (Å²) in [6.07, 6.45) is 3.76. The third-order valence-electron chi connectivity index (χ3n) is 1.49. The van der Waals surface area contributed by atoms with Crippen molar-refractivity contribution < 1.29 is 9.53 Å². The van der Waals surface area contributed by atoms with Crippen LogP contribution in [0.2, 0.25) is 0 Å². The molecule has 0 fully saturated rings. The lowest BCUT2D eigenvalue weighted by Crippen LogP contribution is -2.35. The zero-order valence-electron chi connectivity index (χ0n) is 6.13. The van der Waals surface area contributed by atoms with Gasteiger partial charge >= 0.3 is 5.97 Å². The zero-order chi connectivity index (χ0) is 7.56. The van der Waals surface area contributed by atoms with Crippen LogP contribution in [0.5, 0.6) is 0 Å². The van der Waals surface area contributed by atoms with Crippen LogP contribution in [-0.2, 0) is 9.53 Å². The minimum absolute atomic E-state index is 0.222. The van der Waals surface area contributed by atoms with Crippen LogP contribution >= 0.6 is 0 Å². The number of hydrogen-bond acceptors (Lipinski definition) is 3. The number of rotatable bonds is 1. The van der Waals surface area contributed by atoms with Gasteiger partial charge in [-0.3, -0.25) is 10.1 Å². The van der Waals surface area contributed by atoms with Crippen LogP contribution in [0.25, 0.3) is 0 Å². The first-order valence-corrected chi connectivity index (χ1v) is 3.26. The van der Waals surface area contributed by atoms with E-state index >= 15 is 0 Å². The molecule has 56 valence electrons. The van der Waals surface area contributed by atoms with E-state index in [1.807, 2.05) is 19.1 Å². The van der Waals surface area contributed by atoms with Gasteiger partial charge in [0.05, 0.1) is 7.11 Å². The summed E-state index contributed by atoms with van der Waals surface area (Å²) >= 11 is 0. The minimum atomic E-state index is -0.236. The van der Waals surface area contributed by atoms with Gasteiger partial charge in [0.1, 0.15) is 6.04 Å². The Balaban J connectivity index is 2.46. The third-order valence-corrected chi connectivity index (χ3v) is 1.49. The van der Waals surface area contributed by atoms with Crippen molar-refractivity contribution in [3.05, 3.63) is 12.2 Å². The summed E-state index contributed by atoms with van der Waals surface area (Å²) in [6.45, 7) is 1.99. The molecule has 1 heterocycles. The van der Waals surface area contributed by atoms with Crippen LogP contribution in [-0.4, -0.2) is 25.2 Å². The molecule has 0 amide bonds. The Hall–Kier alpha value is -0.830. The molecule has 1 N–H and O–H groups in total. The maximum atomic E-state index is 10.8. The predicted octanol–water partition coefficient (Wildman–Crippen LogP) is 0.0759. The largest absolute Gasteiger partial charge is 0.468 e. The number of carbonyl (C=O) groups is 1. The van der Waals surface area contributed by atoms with Crippen LogP contribution in [0.3, 0.4) is 0 Å². The zero-order valence-corrected chi connectivity index (χ0v) is 6.13. The van der Waals surface area contributed by atoms with Gasteiger partial charge in [0.2, 0.25) is 0 Å². The second-order valence-electron chi connectivity index (χ2n) is 2.34. The normalized spacial score (nSPS) is 30.6. The summed E-state index contributed by atoms with van der Waals surface area (Å²) in [5, 5.41) is 3.02. The Morgan fingerprint density at radius 3 is 2.70 bits per heavy atom. The van der Waals surface area contributed by atoms with E-state index in [1.165, 1.54) is 7.11 Å². The molecule has 0 saturated carbocycles. The third kappa shape index (κ3) is 1.36. The van der Waals surface area contributed by atoms with Crippen molar-refractivity contribution in [1.82, 2.24) is 5.32 Å². The van der Waals surface area contributed by atoms with E-state index in [-0.39, 0.29) is 18.1 Å². The van der Waals surface area contributed by atoms with E-state index in [1.54, 1.807) is 0 Å². The average molecular weight is 141 g/mol. The molecule has 0 spiro atoms. The highest BCUT2D eigenvalue weighted by Gasteiger charge is 2.21. The Morgan fingerprint density at radius 1 is 1.60 bits per heavy atom. The molecule has 1 aliphatic rings. The van der Waals surface area contributed by atoms with Crippen LogP contribution in [0.4, 0.5) is 0 Å². The quantitative estimate of drug-likeness (QED) is 0.415. The van der Waals surface area contributed by atoms with Gasteiger partial charge in [0, 0.05) is 6.04 Å². The number of ether oxygens (including phenoxy) is 1. The van der Waals surface area contributed by atoms with Crippen molar-refractivity contribution in [2.24, 2.45) is 0 Å². The molecule has 2 atom stereocenters. The van der Waals surface area contributed by atoms with Crippen molar-refractivity contribution in [3.63, 3.8) is 0 Å². The Bertz CT molecular complexity index is 165. The van der Waals surface area contributed by atoms with Gasteiger partial charge in [0.25, 0.3) is 0 Å². The molecule has 0 bridgehead atoms. The summed E-state index contributed by atoms with van der Waals surface area (Å²) in [4.78, 5) is 10.8. The van der Waals surface area contributed by atoms with Crippen molar-refractivity contribution in [1.29, 1.82) is 0 Å². The number of methoxy groups -OCH3 is 1. The van der Waals surface area contributed by atoms with Crippen molar-refractivity contribution in [2.75, 3.05) is 7.11 Å². The van der Waals surface area contributed by atoms with Crippen LogP contribution in [0, 0.1) is 0 Å². The average Bonchev–Trinajstić information content (AvgIpc) is 2.34. The van der Waals surface area contributed by atoms with Gasteiger partial charge in [-0.05, 0) is 6.92 Å². The van der Waals surface area contributed by atoms with Crippen molar-refractivity contribution in [3.8, 4) is 0 Å². The number of hydrogen-bond donors (Lipinski definition) is 1. The van der Waals surface area contributed by atoms with Gasteiger partial charge < -0.3 is 4.74 Å². The maximum Gasteiger partial charge on any atom is 0.326 e. The van der Waals surface area contributed by atoms with Crippen molar-refractivity contribution >= 4 is 5.97 Å². The first-order valence-electron chi connectivity index (χ1n) is 3.26. The van der Waals surface area contributed by atoms with Gasteiger partial charge in [-0.1, -0.05) is 12.2 Å². The summed E-state index contributed by atoms with van der Waals surface area (Å²) in [5.74, 6) is -0.222. The fourth-order valence-electron chi connectivity index (χ4n) is 0.946. The highest BCUT2D eigenvalue weighted by atomic mass is 16.5. The maximum absolute atomic E-state index is 10.8. The van der Waals surface area contributed by atoms with E-state index in [0.717, 1.165) is 0 Å². The molecule has 0 saturated heterocycles. The summed E-state index contributed by atoms with van der Waals surface area (Å²) in [6, 6.07) is 0.0455. The van der Waals surface area contributed by atoms with Crippen LogP contribution < -0.4 is 5.32 Å². The lowest BCUT2D eigenvalue weighted by molar-refractivity contribution is -0.141. The second kappa shape index (κ2) is 2.84. The molecule has 0 aliphatic carbocycles. The number of nitrogens with one attached hydrogen (secondary N) is 1. The number of carbonyl (C=O) groups excluding carboxylic acids is 1. The molecule has 1 rings (SSSR count). The van der Waals surface area contributed by atoms with E-state index < -0.39 is 0 Å². The molecular weight excluding hydrogens is 130 g/mol. The van der Waals surface area contributed by atoms with Gasteiger partial charge in [-0.2, -0.15) is 0 Å². The van der Waals surface area contributed by atoms with Crippen LogP contribution in [0.15, 0.2) is 12.2 Å². The summed E-state index contributed by atoms with van der Waals surface area (Å²) < 4.78 is 4.53. The lowest BCUT2D eigenvalue weighted by Gasteiger charge is -2.07. The Morgan fingerprint density at radius 2 is 2.30 bits per heavy atom. The molecule has 0 aromatic carbocycles. The summed E-state index contributed by atoms with van der Waals surface area (Å²) in [7, 11) is 1.39. The molecule has 0 aromatic rings. The fourth-order valence-corrected chi connectivity index (χ4v) is 0.946. The molecule has 10 heavy (non-hydrogen) atoms.